The molecule has 0 bridgehead atoms. The highest BCUT2D eigenvalue weighted by molar-refractivity contribution is 7.12. The van der Waals surface area contributed by atoms with Crippen LogP contribution in [0.4, 0.5) is 11.4 Å². The molecular weight excluding hydrogens is 424 g/mol. The van der Waals surface area contributed by atoms with Crippen molar-refractivity contribution in [2.24, 2.45) is 0 Å². The molecule has 2 aromatic carbocycles. The van der Waals surface area contributed by atoms with Gasteiger partial charge in [-0.15, -0.1) is 11.3 Å². The van der Waals surface area contributed by atoms with Crippen LogP contribution in [0.1, 0.15) is 22.2 Å². The highest BCUT2D eigenvalue weighted by Crippen LogP contribution is 2.21. The molecule has 0 spiro atoms. The number of fused-ring (bicyclic) bond motifs is 1. The second-order valence-corrected chi connectivity index (χ2v) is 8.27. The third-order valence-electron chi connectivity index (χ3n) is 4.93. The number of nitrogens with one attached hydrogen (secondary N) is 4. The second-order valence-electron chi connectivity index (χ2n) is 7.32. The number of hydrogen-bond acceptors (Lipinski definition) is 4. The Kier molecular flexibility index (Phi) is 6.32. The fraction of sp³-hybridized carbons (Fsp3) is 0.125. The van der Waals surface area contributed by atoms with Gasteiger partial charge in [-0.1, -0.05) is 30.3 Å². The molecule has 162 valence electrons. The summed E-state index contributed by atoms with van der Waals surface area (Å²) in [6, 6.07) is 17.5. The predicted molar refractivity (Wildman–Crippen MR) is 127 cm³/mol. The Balaban J connectivity index is 1.48. The van der Waals surface area contributed by atoms with Crippen LogP contribution in [0.5, 0.6) is 0 Å². The van der Waals surface area contributed by atoms with E-state index in [1.165, 1.54) is 18.3 Å². The third kappa shape index (κ3) is 5.04. The minimum atomic E-state index is -0.754. The van der Waals surface area contributed by atoms with Crippen molar-refractivity contribution in [3.05, 3.63) is 82.7 Å². The van der Waals surface area contributed by atoms with Crippen molar-refractivity contribution in [3.63, 3.8) is 0 Å². The zero-order valence-electron chi connectivity index (χ0n) is 17.3. The predicted octanol–water partition coefficient (Wildman–Crippen LogP) is 4.17. The van der Waals surface area contributed by atoms with Crippen LogP contribution >= 0.6 is 11.3 Å². The smallest absolute Gasteiger partial charge is 0.265 e. The molecule has 0 aliphatic heterocycles. The minimum Gasteiger partial charge on any atom is -0.361 e. The number of anilines is 2. The maximum atomic E-state index is 13.0. The molecule has 2 aromatic heterocycles. The van der Waals surface area contributed by atoms with E-state index in [0.717, 1.165) is 16.5 Å². The Morgan fingerprint density at radius 1 is 0.969 bits per heavy atom. The summed E-state index contributed by atoms with van der Waals surface area (Å²) in [5.41, 5.74) is 2.99. The molecule has 7 nitrogen and oxygen atoms in total. The number of amides is 3. The first-order chi connectivity index (χ1) is 15.5. The van der Waals surface area contributed by atoms with Gasteiger partial charge in [0.15, 0.2) is 0 Å². The van der Waals surface area contributed by atoms with Gasteiger partial charge in [-0.2, -0.15) is 0 Å². The van der Waals surface area contributed by atoms with Crippen LogP contribution in [-0.4, -0.2) is 28.7 Å². The summed E-state index contributed by atoms with van der Waals surface area (Å²) in [5.74, 6) is -0.840. The van der Waals surface area contributed by atoms with E-state index in [1.54, 1.807) is 30.3 Å². The van der Waals surface area contributed by atoms with Crippen molar-refractivity contribution < 1.29 is 14.4 Å². The number of rotatable bonds is 7. The lowest BCUT2D eigenvalue weighted by molar-refractivity contribution is -0.125. The van der Waals surface area contributed by atoms with Gasteiger partial charge in [0.05, 0.1) is 4.88 Å². The molecule has 0 saturated carbocycles. The lowest BCUT2D eigenvalue weighted by Crippen LogP contribution is -2.44. The van der Waals surface area contributed by atoms with E-state index >= 15 is 0 Å². The average Bonchev–Trinajstić information content (AvgIpc) is 3.44. The Hall–Kier alpha value is -3.91. The monoisotopic (exact) mass is 446 g/mol. The summed E-state index contributed by atoms with van der Waals surface area (Å²) in [6.45, 7) is 1.39. The van der Waals surface area contributed by atoms with Crippen molar-refractivity contribution in [2.75, 3.05) is 10.6 Å². The van der Waals surface area contributed by atoms with Crippen molar-refractivity contribution in [2.45, 2.75) is 19.4 Å². The van der Waals surface area contributed by atoms with Gasteiger partial charge < -0.3 is 20.9 Å². The highest BCUT2D eigenvalue weighted by Gasteiger charge is 2.22. The van der Waals surface area contributed by atoms with Crippen molar-refractivity contribution in [1.29, 1.82) is 0 Å². The summed E-state index contributed by atoms with van der Waals surface area (Å²) in [7, 11) is 0. The van der Waals surface area contributed by atoms with Gasteiger partial charge in [0.25, 0.3) is 5.91 Å². The molecule has 0 fully saturated rings. The second kappa shape index (κ2) is 9.49. The molecule has 4 aromatic rings. The van der Waals surface area contributed by atoms with Crippen molar-refractivity contribution >= 4 is 51.3 Å². The van der Waals surface area contributed by atoms with E-state index in [0.29, 0.717) is 22.7 Å². The topological polar surface area (TPSA) is 103 Å². The van der Waals surface area contributed by atoms with E-state index in [1.807, 2.05) is 41.9 Å². The Labute approximate surface area is 188 Å². The minimum absolute atomic E-state index is 0.209. The summed E-state index contributed by atoms with van der Waals surface area (Å²) in [4.78, 5) is 40.8. The van der Waals surface area contributed by atoms with E-state index in [-0.39, 0.29) is 17.7 Å². The number of aromatic amines is 1. The maximum Gasteiger partial charge on any atom is 0.265 e. The lowest BCUT2D eigenvalue weighted by atomic mass is 10.0. The van der Waals surface area contributed by atoms with E-state index in [9.17, 15) is 14.4 Å². The molecule has 1 unspecified atom stereocenters. The van der Waals surface area contributed by atoms with Gasteiger partial charge in [-0.3, -0.25) is 14.4 Å². The Morgan fingerprint density at radius 2 is 1.75 bits per heavy atom. The van der Waals surface area contributed by atoms with E-state index in [2.05, 4.69) is 20.9 Å². The van der Waals surface area contributed by atoms with Crippen LogP contribution in [0, 0.1) is 0 Å². The number of aromatic nitrogens is 1. The molecule has 2 heterocycles. The third-order valence-corrected chi connectivity index (χ3v) is 5.79. The fourth-order valence-electron chi connectivity index (χ4n) is 3.48. The Morgan fingerprint density at radius 3 is 2.50 bits per heavy atom. The molecule has 0 aliphatic rings. The molecule has 4 rings (SSSR count). The first-order valence-corrected chi connectivity index (χ1v) is 11.0. The first kappa shape index (κ1) is 21.3. The molecule has 0 saturated heterocycles. The van der Waals surface area contributed by atoms with Crippen LogP contribution < -0.4 is 16.0 Å². The zero-order valence-corrected chi connectivity index (χ0v) is 18.2. The normalized spacial score (nSPS) is 11.7. The number of thiophene rings is 1. The number of hydrogen-bond donors (Lipinski definition) is 4. The quantitative estimate of drug-likeness (QED) is 0.343. The van der Waals surface area contributed by atoms with Gasteiger partial charge in [-0.05, 0) is 41.3 Å². The molecule has 8 heteroatoms. The van der Waals surface area contributed by atoms with Gasteiger partial charge in [0.2, 0.25) is 11.8 Å². The molecule has 0 radical (unpaired) electrons. The molecule has 1 atom stereocenters. The summed E-state index contributed by atoms with van der Waals surface area (Å²) in [5, 5.41) is 11.2. The van der Waals surface area contributed by atoms with E-state index in [4.69, 9.17) is 0 Å². The number of benzene rings is 2. The maximum absolute atomic E-state index is 13.0. The van der Waals surface area contributed by atoms with Crippen LogP contribution in [0.3, 0.4) is 0 Å². The standard InChI is InChI=1S/C24H22N4O3S/c1-15(29)26-21(12-16-14-25-20-9-3-2-8-19(16)20)23(30)27-17-6-4-7-18(13-17)28-24(31)22-10-5-11-32-22/h2-11,13-14,21,25H,12H2,1H3,(H,26,29)(H,27,30)(H,28,31). The summed E-state index contributed by atoms with van der Waals surface area (Å²) in [6.07, 6.45) is 2.19. The molecule has 32 heavy (non-hydrogen) atoms. The lowest BCUT2D eigenvalue weighted by Gasteiger charge is -2.18. The SMILES string of the molecule is CC(=O)NC(Cc1c[nH]c2ccccc12)C(=O)Nc1cccc(NC(=O)c2cccs2)c1. The van der Waals surface area contributed by atoms with Gasteiger partial charge in [0, 0.05) is 41.8 Å². The van der Waals surface area contributed by atoms with Crippen LogP contribution in [0.2, 0.25) is 0 Å². The van der Waals surface area contributed by atoms with Crippen LogP contribution in [0.25, 0.3) is 10.9 Å². The van der Waals surface area contributed by atoms with Gasteiger partial charge >= 0.3 is 0 Å². The zero-order chi connectivity index (χ0) is 22.5. The van der Waals surface area contributed by atoms with Gasteiger partial charge in [0.1, 0.15) is 6.04 Å². The van der Waals surface area contributed by atoms with Crippen LogP contribution in [0.15, 0.2) is 72.2 Å². The largest absolute Gasteiger partial charge is 0.361 e. The van der Waals surface area contributed by atoms with Crippen molar-refractivity contribution in [1.82, 2.24) is 10.3 Å². The highest BCUT2D eigenvalue weighted by atomic mass is 32.1. The number of carbonyl (C=O) groups excluding carboxylic acids is 3. The van der Waals surface area contributed by atoms with Gasteiger partial charge in [-0.25, -0.2) is 0 Å². The summed E-state index contributed by atoms with van der Waals surface area (Å²) >= 11 is 1.35. The number of H-pyrrole nitrogens is 1. The number of carbonyl (C=O) groups is 3. The molecular formula is C24H22N4O3S. The molecule has 4 N–H and O–H groups in total. The number of para-hydroxylation sites is 1. The fourth-order valence-corrected chi connectivity index (χ4v) is 4.10. The molecule has 0 aliphatic carbocycles. The average molecular weight is 447 g/mol. The van der Waals surface area contributed by atoms with Crippen molar-refractivity contribution in [3.8, 4) is 0 Å². The summed E-state index contributed by atoms with van der Waals surface area (Å²) < 4.78 is 0. The van der Waals surface area contributed by atoms with Crippen LogP contribution in [-0.2, 0) is 16.0 Å². The Bertz CT molecular complexity index is 1260. The first-order valence-electron chi connectivity index (χ1n) is 10.1. The molecule has 3 amide bonds. The van der Waals surface area contributed by atoms with E-state index < -0.39 is 6.04 Å².